The molecule has 2 rings (SSSR count). The maximum atomic E-state index is 8.73. The summed E-state index contributed by atoms with van der Waals surface area (Å²) in [4.78, 5) is 4.25. The summed E-state index contributed by atoms with van der Waals surface area (Å²) in [5.41, 5.74) is 2.42. The number of fused-ring (bicyclic) bond motifs is 1. The van der Waals surface area contributed by atoms with Crippen LogP contribution < -0.4 is 0 Å². The normalized spacial score (nSPS) is 10.1. The topological polar surface area (TPSA) is 36.7 Å². The molecular formula is C11H7BrN2. The molecule has 14 heavy (non-hydrogen) atoms. The van der Waals surface area contributed by atoms with Gasteiger partial charge in [-0.1, -0.05) is 12.1 Å². The van der Waals surface area contributed by atoms with Gasteiger partial charge in [0.05, 0.1) is 5.52 Å². The van der Waals surface area contributed by atoms with Crippen LogP contribution in [-0.4, -0.2) is 4.98 Å². The van der Waals surface area contributed by atoms with Gasteiger partial charge in [-0.25, -0.2) is 4.98 Å². The molecule has 2 aromatic rings. The SMILES string of the molecule is Cc1ccc2ccc(C#N)nc2c1Br. The van der Waals surface area contributed by atoms with Crippen LogP contribution in [0.15, 0.2) is 28.7 Å². The maximum absolute atomic E-state index is 8.73. The highest BCUT2D eigenvalue weighted by molar-refractivity contribution is 9.10. The predicted octanol–water partition coefficient (Wildman–Crippen LogP) is 3.18. The van der Waals surface area contributed by atoms with Crippen molar-refractivity contribution in [2.45, 2.75) is 6.92 Å². The third-order valence-corrected chi connectivity index (χ3v) is 3.11. The Balaban J connectivity index is 2.86. The van der Waals surface area contributed by atoms with Crippen LogP contribution in [0.2, 0.25) is 0 Å². The number of hydrogen-bond donors (Lipinski definition) is 0. The van der Waals surface area contributed by atoms with Crippen LogP contribution in [0, 0.1) is 18.3 Å². The Morgan fingerprint density at radius 3 is 2.71 bits per heavy atom. The van der Waals surface area contributed by atoms with E-state index in [0.717, 1.165) is 20.9 Å². The maximum Gasteiger partial charge on any atom is 0.141 e. The van der Waals surface area contributed by atoms with Crippen molar-refractivity contribution in [1.82, 2.24) is 4.98 Å². The third-order valence-electron chi connectivity index (χ3n) is 2.11. The Bertz CT molecular complexity index is 541. The molecule has 0 unspecified atom stereocenters. The molecular weight excluding hydrogens is 240 g/mol. The second-order valence-corrected chi connectivity index (χ2v) is 3.87. The molecule has 0 fully saturated rings. The van der Waals surface area contributed by atoms with Crippen LogP contribution in [0.3, 0.4) is 0 Å². The summed E-state index contributed by atoms with van der Waals surface area (Å²) >= 11 is 3.47. The van der Waals surface area contributed by atoms with Crippen LogP contribution in [0.4, 0.5) is 0 Å². The Hall–Kier alpha value is -1.40. The fraction of sp³-hybridized carbons (Fsp3) is 0.0909. The van der Waals surface area contributed by atoms with Gasteiger partial charge in [0.15, 0.2) is 0 Å². The van der Waals surface area contributed by atoms with Gasteiger partial charge in [0.2, 0.25) is 0 Å². The number of nitriles is 1. The average Bonchev–Trinajstić information content (AvgIpc) is 2.23. The summed E-state index contributed by atoms with van der Waals surface area (Å²) in [6, 6.07) is 9.70. The Labute approximate surface area is 90.3 Å². The number of halogens is 1. The largest absolute Gasteiger partial charge is 0.236 e. The molecule has 0 aliphatic rings. The smallest absolute Gasteiger partial charge is 0.141 e. The van der Waals surface area contributed by atoms with Gasteiger partial charge < -0.3 is 0 Å². The molecule has 0 N–H and O–H groups in total. The molecule has 2 nitrogen and oxygen atoms in total. The Kier molecular flexibility index (Phi) is 2.22. The minimum Gasteiger partial charge on any atom is -0.236 e. The lowest BCUT2D eigenvalue weighted by molar-refractivity contribution is 1.30. The summed E-state index contributed by atoms with van der Waals surface area (Å²) in [5, 5.41) is 9.77. The van der Waals surface area contributed by atoms with Gasteiger partial charge >= 0.3 is 0 Å². The van der Waals surface area contributed by atoms with Crippen molar-refractivity contribution in [3.63, 3.8) is 0 Å². The molecule has 0 aliphatic carbocycles. The summed E-state index contributed by atoms with van der Waals surface area (Å²) in [7, 11) is 0. The second kappa shape index (κ2) is 3.39. The van der Waals surface area contributed by atoms with Gasteiger partial charge in [0.1, 0.15) is 11.8 Å². The first-order chi connectivity index (χ1) is 6.72. The first kappa shape index (κ1) is 9.17. The number of aryl methyl sites for hydroxylation is 1. The van der Waals surface area contributed by atoms with Crippen molar-refractivity contribution in [1.29, 1.82) is 5.26 Å². The Morgan fingerprint density at radius 1 is 1.29 bits per heavy atom. The van der Waals surface area contributed by atoms with E-state index in [0.29, 0.717) is 5.69 Å². The molecule has 0 atom stereocenters. The van der Waals surface area contributed by atoms with Crippen molar-refractivity contribution in [2.24, 2.45) is 0 Å². The number of benzene rings is 1. The number of rotatable bonds is 0. The number of pyridine rings is 1. The molecule has 1 aromatic heterocycles. The van der Waals surface area contributed by atoms with E-state index in [2.05, 4.69) is 20.9 Å². The number of aromatic nitrogens is 1. The van der Waals surface area contributed by atoms with Crippen LogP contribution in [0.5, 0.6) is 0 Å². The number of nitrogens with zero attached hydrogens (tertiary/aromatic N) is 2. The Morgan fingerprint density at radius 2 is 2.00 bits per heavy atom. The fourth-order valence-corrected chi connectivity index (χ4v) is 1.77. The lowest BCUT2D eigenvalue weighted by Gasteiger charge is -2.02. The molecule has 0 spiro atoms. The molecule has 3 heteroatoms. The van der Waals surface area contributed by atoms with Crippen molar-refractivity contribution in [2.75, 3.05) is 0 Å². The minimum absolute atomic E-state index is 0.448. The van der Waals surface area contributed by atoms with E-state index in [1.165, 1.54) is 0 Å². The van der Waals surface area contributed by atoms with Gasteiger partial charge in [-0.05, 0) is 40.5 Å². The van der Waals surface area contributed by atoms with E-state index >= 15 is 0 Å². The molecule has 68 valence electrons. The van der Waals surface area contributed by atoms with Crippen LogP contribution in [0.25, 0.3) is 10.9 Å². The molecule has 0 saturated heterocycles. The molecule has 0 aliphatic heterocycles. The summed E-state index contributed by atoms with van der Waals surface area (Å²) in [6.45, 7) is 2.00. The van der Waals surface area contributed by atoms with Gasteiger partial charge in [0, 0.05) is 9.86 Å². The van der Waals surface area contributed by atoms with Crippen molar-refractivity contribution in [3.05, 3.63) is 40.0 Å². The van der Waals surface area contributed by atoms with E-state index in [1.54, 1.807) is 6.07 Å². The van der Waals surface area contributed by atoms with E-state index in [-0.39, 0.29) is 0 Å². The zero-order valence-electron chi connectivity index (χ0n) is 7.58. The van der Waals surface area contributed by atoms with Crippen LogP contribution in [-0.2, 0) is 0 Å². The first-order valence-electron chi connectivity index (χ1n) is 4.18. The summed E-state index contributed by atoms with van der Waals surface area (Å²) in [6.07, 6.45) is 0. The van der Waals surface area contributed by atoms with Gasteiger partial charge in [-0.15, -0.1) is 0 Å². The lowest BCUT2D eigenvalue weighted by atomic mass is 10.1. The number of hydrogen-bond acceptors (Lipinski definition) is 2. The molecule has 1 heterocycles. The van der Waals surface area contributed by atoms with Crippen LogP contribution in [0.1, 0.15) is 11.3 Å². The van der Waals surface area contributed by atoms with Crippen molar-refractivity contribution >= 4 is 26.8 Å². The average molecular weight is 247 g/mol. The molecule has 0 amide bonds. The molecule has 1 aromatic carbocycles. The van der Waals surface area contributed by atoms with Gasteiger partial charge in [-0.2, -0.15) is 5.26 Å². The third kappa shape index (κ3) is 1.38. The van der Waals surface area contributed by atoms with E-state index < -0.39 is 0 Å². The van der Waals surface area contributed by atoms with E-state index in [4.69, 9.17) is 5.26 Å². The first-order valence-corrected chi connectivity index (χ1v) is 4.97. The zero-order chi connectivity index (χ0) is 10.1. The molecule has 0 radical (unpaired) electrons. The standard InChI is InChI=1S/C11H7BrN2/c1-7-2-3-8-4-5-9(6-13)14-11(8)10(7)12/h2-5H,1H3. The second-order valence-electron chi connectivity index (χ2n) is 3.08. The zero-order valence-corrected chi connectivity index (χ0v) is 9.17. The van der Waals surface area contributed by atoms with Crippen LogP contribution >= 0.6 is 15.9 Å². The van der Waals surface area contributed by atoms with Crippen molar-refractivity contribution in [3.8, 4) is 6.07 Å². The monoisotopic (exact) mass is 246 g/mol. The highest BCUT2D eigenvalue weighted by Crippen LogP contribution is 2.25. The fourth-order valence-electron chi connectivity index (χ4n) is 1.32. The predicted molar refractivity (Wildman–Crippen MR) is 58.9 cm³/mol. The van der Waals surface area contributed by atoms with Gasteiger partial charge in [0.25, 0.3) is 0 Å². The highest BCUT2D eigenvalue weighted by Gasteiger charge is 2.03. The lowest BCUT2D eigenvalue weighted by Crippen LogP contribution is -1.87. The van der Waals surface area contributed by atoms with Gasteiger partial charge in [-0.3, -0.25) is 0 Å². The molecule has 0 saturated carbocycles. The highest BCUT2D eigenvalue weighted by atomic mass is 79.9. The quantitative estimate of drug-likeness (QED) is 0.716. The summed E-state index contributed by atoms with van der Waals surface area (Å²) < 4.78 is 0.965. The van der Waals surface area contributed by atoms with E-state index in [1.807, 2.05) is 31.2 Å². The summed E-state index contributed by atoms with van der Waals surface area (Å²) in [5.74, 6) is 0. The minimum atomic E-state index is 0.448. The van der Waals surface area contributed by atoms with Crippen molar-refractivity contribution < 1.29 is 0 Å². The molecule has 0 bridgehead atoms. The van der Waals surface area contributed by atoms with E-state index in [9.17, 15) is 0 Å².